The van der Waals surface area contributed by atoms with Gasteiger partial charge in [-0.05, 0) is 31.3 Å². The average molecular weight is 193 g/mol. The molecule has 2 nitrogen and oxygen atoms in total. The summed E-state index contributed by atoms with van der Waals surface area (Å²) in [4.78, 5) is 13.5. The van der Waals surface area contributed by atoms with Gasteiger partial charge in [0.2, 0.25) is 0 Å². The van der Waals surface area contributed by atoms with E-state index in [2.05, 4.69) is 13.0 Å². The predicted octanol–water partition coefficient (Wildman–Crippen LogP) is 2.52. The first-order chi connectivity index (χ1) is 6.66. The molecule has 0 aromatic heterocycles. The van der Waals surface area contributed by atoms with Crippen molar-refractivity contribution in [2.75, 3.05) is 14.1 Å². The Kier molecular flexibility index (Phi) is 3.93. The molecular formula is C12H19NO. The van der Waals surface area contributed by atoms with E-state index in [1.807, 2.05) is 6.08 Å². The molecule has 0 bridgehead atoms. The SMILES string of the molecule is CC/C=C(\C(=O)N(C)C)C1=CCCC1. The summed E-state index contributed by atoms with van der Waals surface area (Å²) in [6.07, 6.45) is 8.54. The van der Waals surface area contributed by atoms with Gasteiger partial charge in [-0.3, -0.25) is 4.79 Å². The van der Waals surface area contributed by atoms with Crippen LogP contribution in [0.25, 0.3) is 0 Å². The molecule has 0 N–H and O–H groups in total. The summed E-state index contributed by atoms with van der Waals surface area (Å²) in [5, 5.41) is 0. The van der Waals surface area contributed by atoms with Crippen molar-refractivity contribution in [3.05, 3.63) is 23.3 Å². The van der Waals surface area contributed by atoms with Gasteiger partial charge in [-0.2, -0.15) is 0 Å². The molecule has 0 aliphatic heterocycles. The van der Waals surface area contributed by atoms with E-state index in [1.165, 1.54) is 12.0 Å². The molecule has 0 saturated heterocycles. The van der Waals surface area contributed by atoms with Crippen LogP contribution in [0.2, 0.25) is 0 Å². The highest BCUT2D eigenvalue weighted by atomic mass is 16.2. The minimum absolute atomic E-state index is 0.139. The molecule has 1 aliphatic rings. The summed E-state index contributed by atoms with van der Waals surface area (Å²) in [6.45, 7) is 2.07. The number of allylic oxidation sites excluding steroid dienone is 2. The van der Waals surface area contributed by atoms with E-state index in [0.29, 0.717) is 0 Å². The smallest absolute Gasteiger partial charge is 0.253 e. The zero-order valence-corrected chi connectivity index (χ0v) is 9.34. The van der Waals surface area contributed by atoms with Gasteiger partial charge in [-0.25, -0.2) is 0 Å². The van der Waals surface area contributed by atoms with Crippen LogP contribution in [0, 0.1) is 0 Å². The molecule has 78 valence electrons. The monoisotopic (exact) mass is 193 g/mol. The Morgan fingerprint density at radius 3 is 2.71 bits per heavy atom. The van der Waals surface area contributed by atoms with Crippen LogP contribution in [0.3, 0.4) is 0 Å². The second kappa shape index (κ2) is 4.99. The quantitative estimate of drug-likeness (QED) is 0.631. The lowest BCUT2D eigenvalue weighted by molar-refractivity contribution is -0.124. The van der Waals surface area contributed by atoms with Crippen molar-refractivity contribution in [2.45, 2.75) is 32.6 Å². The number of likely N-dealkylation sites (N-methyl/N-ethyl adjacent to an activating group) is 1. The number of hydrogen-bond acceptors (Lipinski definition) is 1. The molecular weight excluding hydrogens is 174 g/mol. The Bertz CT molecular complexity index is 274. The van der Waals surface area contributed by atoms with Gasteiger partial charge in [-0.1, -0.05) is 19.1 Å². The summed E-state index contributed by atoms with van der Waals surface area (Å²) < 4.78 is 0. The molecule has 0 aromatic rings. The van der Waals surface area contributed by atoms with E-state index < -0.39 is 0 Å². The van der Waals surface area contributed by atoms with Gasteiger partial charge in [0.25, 0.3) is 5.91 Å². The lowest BCUT2D eigenvalue weighted by Crippen LogP contribution is -2.24. The minimum Gasteiger partial charge on any atom is -0.345 e. The van der Waals surface area contributed by atoms with E-state index in [9.17, 15) is 4.79 Å². The minimum atomic E-state index is 0.139. The number of amides is 1. The first-order valence-corrected chi connectivity index (χ1v) is 5.28. The van der Waals surface area contributed by atoms with Crippen LogP contribution >= 0.6 is 0 Å². The Labute approximate surface area is 86.3 Å². The van der Waals surface area contributed by atoms with Crippen molar-refractivity contribution < 1.29 is 4.79 Å². The van der Waals surface area contributed by atoms with Crippen LogP contribution < -0.4 is 0 Å². The highest BCUT2D eigenvalue weighted by molar-refractivity contribution is 5.97. The summed E-state index contributed by atoms with van der Waals surface area (Å²) in [7, 11) is 3.61. The fourth-order valence-electron chi connectivity index (χ4n) is 1.72. The number of hydrogen-bond donors (Lipinski definition) is 0. The van der Waals surface area contributed by atoms with Crippen molar-refractivity contribution >= 4 is 5.91 Å². The van der Waals surface area contributed by atoms with Crippen molar-refractivity contribution in [1.29, 1.82) is 0 Å². The van der Waals surface area contributed by atoms with Crippen LogP contribution in [-0.2, 0) is 4.79 Å². The van der Waals surface area contributed by atoms with Crippen LogP contribution in [0.1, 0.15) is 32.6 Å². The van der Waals surface area contributed by atoms with Crippen LogP contribution in [0.15, 0.2) is 23.3 Å². The third-order valence-electron chi connectivity index (χ3n) is 2.43. The lowest BCUT2D eigenvalue weighted by atomic mass is 10.0. The number of rotatable bonds is 3. The molecule has 0 spiro atoms. The topological polar surface area (TPSA) is 20.3 Å². The summed E-state index contributed by atoms with van der Waals surface area (Å²) in [5.74, 6) is 0.139. The van der Waals surface area contributed by atoms with E-state index in [1.54, 1.807) is 19.0 Å². The van der Waals surface area contributed by atoms with E-state index in [0.717, 1.165) is 24.8 Å². The fraction of sp³-hybridized carbons (Fsp3) is 0.583. The van der Waals surface area contributed by atoms with Gasteiger partial charge >= 0.3 is 0 Å². The van der Waals surface area contributed by atoms with Gasteiger partial charge < -0.3 is 4.90 Å². The third kappa shape index (κ3) is 2.47. The van der Waals surface area contributed by atoms with Gasteiger partial charge in [0, 0.05) is 19.7 Å². The fourth-order valence-corrected chi connectivity index (χ4v) is 1.72. The van der Waals surface area contributed by atoms with Crippen molar-refractivity contribution in [3.8, 4) is 0 Å². The van der Waals surface area contributed by atoms with E-state index >= 15 is 0 Å². The maximum absolute atomic E-state index is 11.8. The largest absolute Gasteiger partial charge is 0.345 e. The average Bonchev–Trinajstić information content (AvgIpc) is 2.65. The highest BCUT2D eigenvalue weighted by Crippen LogP contribution is 2.25. The molecule has 2 heteroatoms. The summed E-state index contributed by atoms with van der Waals surface area (Å²) in [5.41, 5.74) is 2.15. The first-order valence-electron chi connectivity index (χ1n) is 5.28. The highest BCUT2D eigenvalue weighted by Gasteiger charge is 2.17. The molecule has 0 fully saturated rings. The van der Waals surface area contributed by atoms with Gasteiger partial charge in [0.05, 0.1) is 0 Å². The lowest BCUT2D eigenvalue weighted by Gasteiger charge is -2.14. The molecule has 14 heavy (non-hydrogen) atoms. The molecule has 0 atom stereocenters. The molecule has 1 rings (SSSR count). The van der Waals surface area contributed by atoms with Crippen molar-refractivity contribution in [3.63, 3.8) is 0 Å². The van der Waals surface area contributed by atoms with Gasteiger partial charge in [0.1, 0.15) is 0 Å². The molecule has 1 aliphatic carbocycles. The van der Waals surface area contributed by atoms with E-state index in [-0.39, 0.29) is 5.91 Å². The van der Waals surface area contributed by atoms with Crippen LogP contribution in [0.5, 0.6) is 0 Å². The number of carbonyl (C=O) groups excluding carboxylic acids is 1. The standard InChI is InChI=1S/C12H19NO/c1-4-7-11(12(14)13(2)3)10-8-5-6-9-10/h7-8H,4-6,9H2,1-3H3/b11-7-. The molecule has 1 amide bonds. The second-order valence-electron chi connectivity index (χ2n) is 3.85. The summed E-state index contributed by atoms with van der Waals surface area (Å²) >= 11 is 0. The Balaban J connectivity index is 2.84. The Morgan fingerprint density at radius 1 is 1.57 bits per heavy atom. The van der Waals surface area contributed by atoms with Crippen molar-refractivity contribution in [1.82, 2.24) is 4.90 Å². The predicted molar refractivity (Wildman–Crippen MR) is 59.0 cm³/mol. The van der Waals surface area contributed by atoms with Crippen LogP contribution in [0.4, 0.5) is 0 Å². The van der Waals surface area contributed by atoms with Gasteiger partial charge in [0.15, 0.2) is 0 Å². The van der Waals surface area contributed by atoms with E-state index in [4.69, 9.17) is 0 Å². The number of carbonyl (C=O) groups is 1. The first kappa shape index (κ1) is 11.0. The normalized spacial score (nSPS) is 16.8. The molecule has 0 unspecified atom stereocenters. The zero-order valence-electron chi connectivity index (χ0n) is 9.34. The Morgan fingerprint density at radius 2 is 2.29 bits per heavy atom. The second-order valence-corrected chi connectivity index (χ2v) is 3.85. The maximum atomic E-state index is 11.8. The zero-order chi connectivity index (χ0) is 10.6. The maximum Gasteiger partial charge on any atom is 0.253 e. The van der Waals surface area contributed by atoms with Crippen LogP contribution in [-0.4, -0.2) is 24.9 Å². The molecule has 0 radical (unpaired) electrons. The molecule has 0 aromatic carbocycles. The van der Waals surface area contributed by atoms with Crippen molar-refractivity contribution in [2.24, 2.45) is 0 Å². The molecule has 0 heterocycles. The number of nitrogens with zero attached hydrogens (tertiary/aromatic N) is 1. The van der Waals surface area contributed by atoms with Gasteiger partial charge in [-0.15, -0.1) is 0 Å². The third-order valence-corrected chi connectivity index (χ3v) is 2.43. The summed E-state index contributed by atoms with van der Waals surface area (Å²) in [6, 6.07) is 0. The molecule has 0 saturated carbocycles. The Hall–Kier alpha value is -1.05.